The number of rotatable bonds is 46. The number of carboxylic acids is 1. The van der Waals surface area contributed by atoms with Crippen molar-refractivity contribution in [1.82, 2.24) is 0 Å². The van der Waals surface area contributed by atoms with Crippen molar-refractivity contribution in [2.24, 2.45) is 0 Å². The highest BCUT2D eigenvalue weighted by Crippen LogP contribution is 2.15. The molecule has 8 heteroatoms. The normalized spacial score (nSPS) is 13.5. The number of esters is 2. The Kier molecular flexibility index (Phi) is 44.0. The number of unbranched alkanes of at least 4 members (excludes halogenated alkanes) is 20. The molecular formula is C56H97NO7. The van der Waals surface area contributed by atoms with E-state index in [9.17, 15) is 19.5 Å². The first-order chi connectivity index (χ1) is 31.1. The van der Waals surface area contributed by atoms with E-state index in [0.717, 1.165) is 89.9 Å². The number of carboxylic acid groups (broad SMARTS) is 1. The van der Waals surface area contributed by atoms with Gasteiger partial charge in [0, 0.05) is 19.3 Å². The second-order valence-electron chi connectivity index (χ2n) is 18.4. The fourth-order valence-corrected chi connectivity index (χ4v) is 7.37. The summed E-state index contributed by atoms with van der Waals surface area (Å²) in [5.74, 6) is -1.76. The van der Waals surface area contributed by atoms with E-state index in [0.29, 0.717) is 6.42 Å². The number of quaternary nitrogens is 1. The van der Waals surface area contributed by atoms with Gasteiger partial charge < -0.3 is 28.6 Å². The molecule has 0 aliphatic carbocycles. The molecule has 0 aliphatic heterocycles. The van der Waals surface area contributed by atoms with Crippen LogP contribution in [0.4, 0.5) is 0 Å². The Morgan fingerprint density at radius 2 is 0.875 bits per heavy atom. The van der Waals surface area contributed by atoms with Crippen molar-refractivity contribution in [3.8, 4) is 0 Å². The number of allylic oxidation sites excluding steroid dienone is 12. The zero-order chi connectivity index (χ0) is 47.0. The highest BCUT2D eigenvalue weighted by Gasteiger charge is 2.25. The van der Waals surface area contributed by atoms with Gasteiger partial charge in [0.25, 0.3) is 0 Å². The van der Waals surface area contributed by atoms with E-state index in [4.69, 9.17) is 14.2 Å². The van der Waals surface area contributed by atoms with Gasteiger partial charge in [0.2, 0.25) is 0 Å². The number of hydrogen-bond donors (Lipinski definition) is 0. The predicted octanol–water partition coefficient (Wildman–Crippen LogP) is 13.8. The molecule has 0 saturated carbocycles. The highest BCUT2D eigenvalue weighted by atomic mass is 16.6. The summed E-state index contributed by atoms with van der Waals surface area (Å²) in [5.41, 5.74) is 0. The molecule has 0 aromatic rings. The Morgan fingerprint density at radius 3 is 1.30 bits per heavy atom. The molecule has 0 fully saturated rings. The summed E-state index contributed by atoms with van der Waals surface area (Å²) in [5, 5.41) is 11.7. The molecule has 0 rings (SSSR count). The van der Waals surface area contributed by atoms with Gasteiger partial charge in [-0.3, -0.25) is 9.59 Å². The maximum absolute atomic E-state index is 12.8. The summed E-state index contributed by atoms with van der Waals surface area (Å²) < 4.78 is 17.2. The minimum atomic E-state index is -1.13. The molecule has 0 amide bonds. The van der Waals surface area contributed by atoms with Crippen LogP contribution in [0.2, 0.25) is 0 Å². The second-order valence-corrected chi connectivity index (χ2v) is 18.4. The zero-order valence-electron chi connectivity index (χ0n) is 41.9. The van der Waals surface area contributed by atoms with E-state index in [1.54, 1.807) is 21.1 Å². The number of carbonyl (C=O) groups excluding carboxylic acids is 3. The summed E-state index contributed by atoms with van der Waals surface area (Å²) in [4.78, 5) is 37.0. The van der Waals surface area contributed by atoms with E-state index in [1.165, 1.54) is 89.9 Å². The van der Waals surface area contributed by atoms with Crippen LogP contribution < -0.4 is 5.11 Å². The van der Waals surface area contributed by atoms with E-state index in [2.05, 4.69) is 86.8 Å². The van der Waals surface area contributed by atoms with Gasteiger partial charge in [-0.1, -0.05) is 202 Å². The third-order valence-corrected chi connectivity index (χ3v) is 11.4. The Balaban J connectivity index is 4.31. The lowest BCUT2D eigenvalue weighted by molar-refractivity contribution is -0.889. The van der Waals surface area contributed by atoms with Crippen LogP contribution in [0, 0.1) is 0 Å². The molecule has 0 radical (unpaired) electrons. The molecule has 368 valence electrons. The molecule has 0 bridgehead atoms. The van der Waals surface area contributed by atoms with Crippen LogP contribution in [0.25, 0.3) is 0 Å². The third kappa shape index (κ3) is 44.0. The first kappa shape index (κ1) is 60.8. The first-order valence-corrected chi connectivity index (χ1v) is 26.0. The van der Waals surface area contributed by atoms with Crippen LogP contribution in [0.5, 0.6) is 0 Å². The van der Waals surface area contributed by atoms with Gasteiger partial charge in [0.1, 0.15) is 12.6 Å². The van der Waals surface area contributed by atoms with E-state index < -0.39 is 18.1 Å². The summed E-state index contributed by atoms with van der Waals surface area (Å²) in [6.07, 6.45) is 59.3. The molecule has 0 heterocycles. The van der Waals surface area contributed by atoms with E-state index in [-0.39, 0.29) is 49.1 Å². The van der Waals surface area contributed by atoms with Crippen LogP contribution in [0.15, 0.2) is 72.9 Å². The molecule has 64 heavy (non-hydrogen) atoms. The van der Waals surface area contributed by atoms with Crippen molar-refractivity contribution in [2.45, 2.75) is 225 Å². The number of aliphatic carboxylic acids is 1. The van der Waals surface area contributed by atoms with Gasteiger partial charge in [-0.15, -0.1) is 0 Å². The maximum atomic E-state index is 12.8. The van der Waals surface area contributed by atoms with Gasteiger partial charge in [-0.25, -0.2) is 0 Å². The first-order valence-electron chi connectivity index (χ1n) is 26.0. The lowest BCUT2D eigenvalue weighted by Gasteiger charge is -2.34. The van der Waals surface area contributed by atoms with E-state index >= 15 is 0 Å². The number of hydrogen-bond acceptors (Lipinski definition) is 7. The van der Waals surface area contributed by atoms with Crippen LogP contribution in [0.1, 0.15) is 213 Å². The fourth-order valence-electron chi connectivity index (χ4n) is 7.37. The van der Waals surface area contributed by atoms with Gasteiger partial charge >= 0.3 is 11.9 Å². The van der Waals surface area contributed by atoms with Crippen molar-refractivity contribution in [1.29, 1.82) is 0 Å². The van der Waals surface area contributed by atoms with Crippen LogP contribution in [-0.2, 0) is 28.6 Å². The van der Waals surface area contributed by atoms with Crippen molar-refractivity contribution >= 4 is 17.9 Å². The molecule has 0 N–H and O–H groups in total. The van der Waals surface area contributed by atoms with Crippen molar-refractivity contribution < 1.29 is 38.2 Å². The van der Waals surface area contributed by atoms with Crippen molar-refractivity contribution in [3.63, 3.8) is 0 Å². The SMILES string of the molecule is CC/C=C/C/C=C/C/C=C/C/C=C/C/C=C/C/C=C/CCCCCCC(=O)OC(COCCC(C(=O)[O-])[N+](C)(C)C)COC(=O)CCCCCCCCCCCCCCCCCCC. The van der Waals surface area contributed by atoms with Gasteiger partial charge in [0.05, 0.1) is 40.3 Å². The zero-order valence-corrected chi connectivity index (χ0v) is 41.9. The van der Waals surface area contributed by atoms with Crippen LogP contribution >= 0.6 is 0 Å². The number of carbonyl (C=O) groups is 3. The van der Waals surface area contributed by atoms with Crippen LogP contribution in [-0.4, -0.2) is 75.5 Å². The number of likely N-dealkylation sites (N-methyl/N-ethyl adjacent to an activating group) is 1. The lowest BCUT2D eigenvalue weighted by Crippen LogP contribution is -2.55. The summed E-state index contributed by atoms with van der Waals surface area (Å²) in [7, 11) is 5.40. The molecule has 2 atom stereocenters. The average molecular weight is 896 g/mol. The Hall–Kier alpha value is -3.23. The standard InChI is InChI=1S/C56H97NO7/c1-6-8-10-12-14-16-18-20-22-24-25-26-27-28-29-31-33-35-37-39-41-43-45-47-55(59)64-52(50-62-49-48-53(56(60)61)57(3,4)5)51-63-54(58)46-44-42-40-38-36-34-32-30-23-21-19-17-15-13-11-9-7-2/h8,10,14,16,20,22,25-26,28-29,33,35,52-53H,6-7,9,11-13,15,17-19,21,23-24,27,30-32,34,36-51H2,1-5H3/b10-8+,16-14+,22-20+,26-25+,29-28+,35-33+. The van der Waals surface area contributed by atoms with Gasteiger partial charge in [-0.2, -0.15) is 0 Å². The third-order valence-electron chi connectivity index (χ3n) is 11.4. The minimum absolute atomic E-state index is 0.0288. The largest absolute Gasteiger partial charge is 0.544 e. The quantitative estimate of drug-likeness (QED) is 0.0259. The van der Waals surface area contributed by atoms with Crippen LogP contribution in [0.3, 0.4) is 0 Å². The molecule has 0 spiro atoms. The summed E-state index contributed by atoms with van der Waals surface area (Å²) >= 11 is 0. The van der Waals surface area contributed by atoms with Crippen molar-refractivity contribution in [2.75, 3.05) is 41.0 Å². The Labute approximate surface area is 393 Å². The molecule has 0 saturated heterocycles. The monoisotopic (exact) mass is 896 g/mol. The van der Waals surface area contributed by atoms with Crippen molar-refractivity contribution in [3.05, 3.63) is 72.9 Å². The van der Waals surface area contributed by atoms with Gasteiger partial charge in [0.15, 0.2) is 6.10 Å². The Morgan fingerprint density at radius 1 is 0.484 bits per heavy atom. The summed E-state index contributed by atoms with van der Waals surface area (Å²) in [6, 6.07) is -0.734. The highest BCUT2D eigenvalue weighted by molar-refractivity contribution is 5.70. The summed E-state index contributed by atoms with van der Waals surface area (Å²) in [6.45, 7) is 4.54. The molecule has 2 unspecified atom stereocenters. The predicted molar refractivity (Wildman–Crippen MR) is 268 cm³/mol. The number of ether oxygens (including phenoxy) is 3. The topological polar surface area (TPSA) is 102 Å². The Bertz CT molecular complexity index is 1270. The lowest BCUT2D eigenvalue weighted by atomic mass is 10.0. The maximum Gasteiger partial charge on any atom is 0.306 e. The van der Waals surface area contributed by atoms with Gasteiger partial charge in [-0.05, 0) is 64.2 Å². The smallest absolute Gasteiger partial charge is 0.306 e. The molecule has 0 aromatic carbocycles. The molecular weight excluding hydrogens is 799 g/mol. The minimum Gasteiger partial charge on any atom is -0.544 e. The molecule has 8 nitrogen and oxygen atoms in total. The number of nitrogens with zero attached hydrogens (tertiary/aromatic N) is 1. The van der Waals surface area contributed by atoms with E-state index in [1.807, 2.05) is 0 Å². The molecule has 0 aromatic heterocycles. The average Bonchev–Trinajstić information content (AvgIpc) is 3.26. The second kappa shape index (κ2) is 46.3. The molecule has 0 aliphatic rings. The fraction of sp³-hybridized carbons (Fsp3) is 0.732.